The molecule has 0 aromatic heterocycles. The van der Waals surface area contributed by atoms with Gasteiger partial charge in [-0.25, -0.2) is 0 Å². The number of halogens is 1. The van der Waals surface area contributed by atoms with Gasteiger partial charge >= 0.3 is 0 Å². The molecule has 0 aliphatic carbocycles. The lowest BCUT2D eigenvalue weighted by atomic mass is 9.98. The molecule has 0 radical (unpaired) electrons. The van der Waals surface area contributed by atoms with Crippen molar-refractivity contribution in [3.05, 3.63) is 29.8 Å². The van der Waals surface area contributed by atoms with Crippen molar-refractivity contribution < 1.29 is 9.84 Å². The Bertz CT molecular complexity index is 595. The monoisotopic (exact) mass is 518 g/mol. The molecule has 7 heteroatoms. The number of piperidine rings is 1. The SMILES string of the molecule is CCNC(=NCC(O)c1ccc(OC(C)C)cc1)NCC1CCCN(CC)C1.I. The smallest absolute Gasteiger partial charge is 0.191 e. The zero-order valence-corrected chi connectivity index (χ0v) is 20.7. The van der Waals surface area contributed by atoms with Crippen molar-refractivity contribution in [1.29, 1.82) is 0 Å². The van der Waals surface area contributed by atoms with E-state index < -0.39 is 6.10 Å². The summed E-state index contributed by atoms with van der Waals surface area (Å²) in [6.45, 7) is 13.8. The van der Waals surface area contributed by atoms with E-state index in [1.165, 1.54) is 19.4 Å². The van der Waals surface area contributed by atoms with Crippen molar-refractivity contribution in [2.45, 2.75) is 52.7 Å². The molecule has 6 nitrogen and oxygen atoms in total. The average Bonchev–Trinajstić information content (AvgIpc) is 2.70. The van der Waals surface area contributed by atoms with Crippen molar-refractivity contribution in [2.24, 2.45) is 10.9 Å². The lowest BCUT2D eigenvalue weighted by molar-refractivity contribution is 0.182. The van der Waals surface area contributed by atoms with Crippen molar-refractivity contribution >= 4 is 29.9 Å². The standard InChI is InChI=1S/C22H38N4O2.HI/c1-5-23-22(24-14-18-8-7-13-26(6-2)16-18)25-15-21(27)19-9-11-20(12-10-19)28-17(3)4;/h9-12,17-18,21,27H,5-8,13-16H2,1-4H3,(H2,23,24,25);1H. The van der Waals surface area contributed by atoms with Gasteiger partial charge in [0, 0.05) is 19.6 Å². The predicted octanol–water partition coefficient (Wildman–Crippen LogP) is 3.41. The van der Waals surface area contributed by atoms with Crippen molar-refractivity contribution in [3.8, 4) is 5.75 Å². The van der Waals surface area contributed by atoms with Gasteiger partial charge in [0.1, 0.15) is 5.75 Å². The second-order valence-electron chi connectivity index (χ2n) is 7.75. The minimum atomic E-state index is -0.631. The average molecular weight is 518 g/mol. The maximum absolute atomic E-state index is 10.5. The quantitative estimate of drug-likeness (QED) is 0.266. The fourth-order valence-electron chi connectivity index (χ4n) is 3.51. The van der Waals surface area contributed by atoms with Crippen molar-refractivity contribution in [3.63, 3.8) is 0 Å². The van der Waals surface area contributed by atoms with E-state index in [4.69, 9.17) is 4.74 Å². The largest absolute Gasteiger partial charge is 0.491 e. The Morgan fingerprint density at radius 2 is 1.97 bits per heavy atom. The van der Waals surface area contributed by atoms with E-state index in [1.807, 2.05) is 38.1 Å². The minimum Gasteiger partial charge on any atom is -0.491 e. The molecule has 1 aromatic carbocycles. The Morgan fingerprint density at radius 1 is 1.24 bits per heavy atom. The van der Waals surface area contributed by atoms with Crippen LogP contribution in [0.25, 0.3) is 0 Å². The summed E-state index contributed by atoms with van der Waals surface area (Å²) in [4.78, 5) is 7.09. The molecule has 1 aliphatic heterocycles. The van der Waals surface area contributed by atoms with Gasteiger partial charge < -0.3 is 25.4 Å². The second-order valence-corrected chi connectivity index (χ2v) is 7.75. The summed E-state index contributed by atoms with van der Waals surface area (Å²) in [6, 6.07) is 7.60. The minimum absolute atomic E-state index is 0. The highest BCUT2D eigenvalue weighted by Gasteiger charge is 2.18. The molecule has 3 N–H and O–H groups in total. The summed E-state index contributed by atoms with van der Waals surface area (Å²) < 4.78 is 5.65. The van der Waals surface area contributed by atoms with E-state index >= 15 is 0 Å². The first kappa shape index (κ1) is 26.0. The highest BCUT2D eigenvalue weighted by atomic mass is 127. The highest BCUT2D eigenvalue weighted by Crippen LogP contribution is 2.19. The number of aliphatic hydroxyl groups excluding tert-OH is 1. The first-order valence-electron chi connectivity index (χ1n) is 10.7. The third kappa shape index (κ3) is 9.53. The number of likely N-dealkylation sites (tertiary alicyclic amines) is 1. The van der Waals surface area contributed by atoms with Crippen LogP contribution in [0.2, 0.25) is 0 Å². The molecule has 1 saturated heterocycles. The van der Waals surface area contributed by atoms with Crippen LogP contribution in [0.1, 0.15) is 52.2 Å². The van der Waals surface area contributed by atoms with Crippen molar-refractivity contribution in [1.82, 2.24) is 15.5 Å². The number of nitrogens with zero attached hydrogens (tertiary/aromatic N) is 2. The number of guanidine groups is 1. The lowest BCUT2D eigenvalue weighted by Gasteiger charge is -2.32. The van der Waals surface area contributed by atoms with Gasteiger partial charge in [-0.15, -0.1) is 24.0 Å². The molecule has 1 fully saturated rings. The van der Waals surface area contributed by atoms with Crippen LogP contribution in [0.15, 0.2) is 29.3 Å². The zero-order chi connectivity index (χ0) is 20.4. The van der Waals surface area contributed by atoms with Crippen molar-refractivity contribution in [2.75, 3.05) is 39.3 Å². The molecule has 0 amide bonds. The zero-order valence-electron chi connectivity index (χ0n) is 18.4. The number of hydrogen-bond acceptors (Lipinski definition) is 4. The van der Waals surface area contributed by atoms with E-state index in [0.29, 0.717) is 12.5 Å². The summed E-state index contributed by atoms with van der Waals surface area (Å²) in [7, 11) is 0. The molecule has 166 valence electrons. The maximum Gasteiger partial charge on any atom is 0.191 e. The summed E-state index contributed by atoms with van der Waals surface area (Å²) in [5.74, 6) is 2.24. The Labute approximate surface area is 193 Å². The van der Waals surface area contributed by atoms with E-state index in [1.54, 1.807) is 0 Å². The van der Waals surface area contributed by atoms with Gasteiger partial charge in [0.2, 0.25) is 0 Å². The molecule has 29 heavy (non-hydrogen) atoms. The van der Waals surface area contributed by atoms with Gasteiger partial charge in [0.15, 0.2) is 5.96 Å². The third-order valence-corrected chi connectivity index (χ3v) is 5.01. The molecular formula is C22H39IN4O2. The topological polar surface area (TPSA) is 69.1 Å². The van der Waals surface area contributed by atoms with E-state index in [9.17, 15) is 5.11 Å². The normalized spacial score (nSPS) is 18.8. The first-order chi connectivity index (χ1) is 13.5. The van der Waals surface area contributed by atoms with Crippen LogP contribution in [0.3, 0.4) is 0 Å². The van der Waals surface area contributed by atoms with Gasteiger partial charge in [-0.1, -0.05) is 19.1 Å². The Morgan fingerprint density at radius 3 is 2.59 bits per heavy atom. The number of ether oxygens (including phenoxy) is 1. The van der Waals surface area contributed by atoms with E-state index in [0.717, 1.165) is 43.5 Å². The lowest BCUT2D eigenvalue weighted by Crippen LogP contribution is -2.44. The van der Waals surface area contributed by atoms with Crippen LogP contribution >= 0.6 is 24.0 Å². The second kappa shape index (κ2) is 14.0. The fourth-order valence-corrected chi connectivity index (χ4v) is 3.51. The summed E-state index contributed by atoms with van der Waals surface area (Å²) in [5.41, 5.74) is 0.849. The molecule has 0 spiro atoms. The first-order valence-corrected chi connectivity index (χ1v) is 10.7. The summed E-state index contributed by atoms with van der Waals surface area (Å²) >= 11 is 0. The molecule has 2 rings (SSSR count). The number of nitrogens with one attached hydrogen (secondary N) is 2. The Hall–Kier alpha value is -1.06. The molecular weight excluding hydrogens is 479 g/mol. The molecule has 0 saturated carbocycles. The van der Waals surface area contributed by atoms with Gasteiger partial charge in [-0.05, 0) is 70.3 Å². The Kier molecular flexibility index (Phi) is 12.6. The van der Waals surface area contributed by atoms with Crippen LogP contribution < -0.4 is 15.4 Å². The van der Waals surface area contributed by atoms with Crippen LogP contribution in [-0.4, -0.2) is 61.3 Å². The number of rotatable bonds is 9. The number of aliphatic imine (C=N–C) groups is 1. The maximum atomic E-state index is 10.5. The molecule has 1 aliphatic rings. The fraction of sp³-hybridized carbons (Fsp3) is 0.682. The van der Waals surface area contributed by atoms with Gasteiger partial charge in [0.25, 0.3) is 0 Å². The number of benzene rings is 1. The number of aliphatic hydroxyl groups is 1. The van der Waals surface area contributed by atoms with Crippen LogP contribution in [0, 0.1) is 5.92 Å². The number of hydrogen-bond donors (Lipinski definition) is 3. The predicted molar refractivity (Wildman–Crippen MR) is 131 cm³/mol. The van der Waals surface area contributed by atoms with E-state index in [-0.39, 0.29) is 30.1 Å². The Balaban J connectivity index is 0.00000420. The molecule has 0 bridgehead atoms. The molecule has 1 heterocycles. The third-order valence-electron chi connectivity index (χ3n) is 5.01. The van der Waals surface area contributed by atoms with E-state index in [2.05, 4.69) is 34.4 Å². The van der Waals surface area contributed by atoms with Crippen LogP contribution in [0.4, 0.5) is 0 Å². The van der Waals surface area contributed by atoms with Gasteiger partial charge in [0.05, 0.1) is 18.8 Å². The van der Waals surface area contributed by atoms with Gasteiger partial charge in [-0.3, -0.25) is 4.99 Å². The highest BCUT2D eigenvalue weighted by molar-refractivity contribution is 14.0. The summed E-state index contributed by atoms with van der Waals surface area (Å²) in [6.07, 6.45) is 2.04. The van der Waals surface area contributed by atoms with Crippen LogP contribution in [-0.2, 0) is 0 Å². The molecule has 2 unspecified atom stereocenters. The summed E-state index contributed by atoms with van der Waals surface area (Å²) in [5, 5.41) is 17.2. The molecule has 1 aromatic rings. The van der Waals surface area contributed by atoms with Crippen LogP contribution in [0.5, 0.6) is 5.75 Å². The van der Waals surface area contributed by atoms with Gasteiger partial charge in [-0.2, -0.15) is 0 Å². The molecule has 2 atom stereocenters.